The van der Waals surface area contributed by atoms with Crippen LogP contribution < -0.4 is 4.90 Å². The van der Waals surface area contributed by atoms with Gasteiger partial charge in [-0.3, -0.25) is 4.79 Å². The Morgan fingerprint density at radius 3 is 2.68 bits per heavy atom. The Hall–Kier alpha value is -1.13. The van der Waals surface area contributed by atoms with Crippen LogP contribution in [-0.4, -0.2) is 23.7 Å². The number of carbonyl (C=O) groups is 1. The SMILES string of the molecule is Cc1cc(N2CCCC3(CCC(O)CC3)C2=O)c(Cl)cc1F. The van der Waals surface area contributed by atoms with Gasteiger partial charge in [0.25, 0.3) is 0 Å². The van der Waals surface area contributed by atoms with Crippen LogP contribution in [0.15, 0.2) is 12.1 Å². The molecule has 120 valence electrons. The third kappa shape index (κ3) is 2.63. The van der Waals surface area contributed by atoms with Gasteiger partial charge >= 0.3 is 0 Å². The minimum Gasteiger partial charge on any atom is -0.393 e. The first-order valence-electron chi connectivity index (χ1n) is 7.89. The van der Waals surface area contributed by atoms with Gasteiger partial charge in [-0.1, -0.05) is 11.6 Å². The molecule has 0 unspecified atom stereocenters. The predicted molar refractivity (Wildman–Crippen MR) is 84.6 cm³/mol. The normalized spacial score (nSPS) is 29.2. The van der Waals surface area contributed by atoms with Crippen molar-refractivity contribution >= 4 is 23.2 Å². The zero-order valence-electron chi connectivity index (χ0n) is 12.7. The van der Waals surface area contributed by atoms with Gasteiger partial charge < -0.3 is 10.0 Å². The van der Waals surface area contributed by atoms with Crippen molar-refractivity contribution in [3.8, 4) is 0 Å². The van der Waals surface area contributed by atoms with E-state index in [4.69, 9.17) is 11.6 Å². The average Bonchev–Trinajstić information content (AvgIpc) is 2.49. The summed E-state index contributed by atoms with van der Waals surface area (Å²) in [6, 6.07) is 2.94. The van der Waals surface area contributed by atoms with E-state index in [2.05, 4.69) is 0 Å². The third-order valence-corrected chi connectivity index (χ3v) is 5.47. The molecule has 2 aliphatic rings. The van der Waals surface area contributed by atoms with Gasteiger partial charge in [0.2, 0.25) is 5.91 Å². The number of hydrogen-bond acceptors (Lipinski definition) is 2. The highest BCUT2D eigenvalue weighted by atomic mass is 35.5. The standard InChI is InChI=1S/C17H21ClFNO2/c1-11-9-15(13(18)10-14(11)19)20-8-2-5-17(16(20)22)6-3-12(21)4-7-17/h9-10,12,21H,2-8H2,1H3. The Morgan fingerprint density at radius 1 is 1.32 bits per heavy atom. The van der Waals surface area contributed by atoms with Crippen molar-refractivity contribution in [3.05, 3.63) is 28.5 Å². The molecule has 1 saturated carbocycles. The van der Waals surface area contributed by atoms with Crippen LogP contribution in [0.5, 0.6) is 0 Å². The summed E-state index contributed by atoms with van der Waals surface area (Å²) in [5.74, 6) is -0.271. The molecule has 3 rings (SSSR count). The van der Waals surface area contributed by atoms with Gasteiger partial charge in [-0.25, -0.2) is 4.39 Å². The highest BCUT2D eigenvalue weighted by molar-refractivity contribution is 6.34. The Morgan fingerprint density at radius 2 is 2.00 bits per heavy atom. The molecule has 1 amide bonds. The van der Waals surface area contributed by atoms with Gasteiger partial charge in [0.1, 0.15) is 5.82 Å². The first-order valence-corrected chi connectivity index (χ1v) is 8.26. The molecule has 0 radical (unpaired) electrons. The van der Waals surface area contributed by atoms with Crippen molar-refractivity contribution < 1.29 is 14.3 Å². The second-order valence-electron chi connectivity index (χ2n) is 6.62. The van der Waals surface area contributed by atoms with Crippen molar-refractivity contribution in [1.29, 1.82) is 0 Å². The fourth-order valence-corrected chi connectivity index (χ4v) is 4.02. The summed E-state index contributed by atoms with van der Waals surface area (Å²) in [7, 11) is 0. The molecule has 0 aromatic heterocycles. The van der Waals surface area contributed by atoms with Crippen molar-refractivity contribution in [2.45, 2.75) is 51.6 Å². The quantitative estimate of drug-likeness (QED) is 0.852. The molecule has 1 aliphatic carbocycles. The summed E-state index contributed by atoms with van der Waals surface area (Å²) >= 11 is 6.18. The predicted octanol–water partition coefficient (Wildman–Crippen LogP) is 3.84. The number of piperidine rings is 1. The van der Waals surface area contributed by atoms with Gasteiger partial charge in [-0.15, -0.1) is 0 Å². The number of aryl methyl sites for hydroxylation is 1. The van der Waals surface area contributed by atoms with Gasteiger partial charge in [-0.05, 0) is 63.1 Å². The second kappa shape index (κ2) is 5.82. The molecular formula is C17H21ClFNO2. The van der Waals surface area contributed by atoms with Crippen molar-refractivity contribution in [2.75, 3.05) is 11.4 Å². The number of benzene rings is 1. The summed E-state index contributed by atoms with van der Waals surface area (Å²) in [4.78, 5) is 14.8. The van der Waals surface area contributed by atoms with Crippen molar-refractivity contribution in [1.82, 2.24) is 0 Å². The monoisotopic (exact) mass is 325 g/mol. The summed E-state index contributed by atoms with van der Waals surface area (Å²) in [6.45, 7) is 2.30. The highest BCUT2D eigenvalue weighted by Crippen LogP contribution is 2.46. The van der Waals surface area contributed by atoms with E-state index in [0.717, 1.165) is 25.7 Å². The van der Waals surface area contributed by atoms with E-state index in [1.807, 2.05) is 0 Å². The molecule has 1 aromatic carbocycles. The molecule has 2 fully saturated rings. The maximum Gasteiger partial charge on any atom is 0.233 e. The molecule has 1 N–H and O–H groups in total. The molecule has 1 spiro atoms. The number of aliphatic hydroxyl groups is 1. The Labute approximate surface area is 135 Å². The molecule has 1 aromatic rings. The Balaban J connectivity index is 1.92. The lowest BCUT2D eigenvalue weighted by Gasteiger charge is -2.45. The minimum absolute atomic E-state index is 0.0820. The smallest absolute Gasteiger partial charge is 0.233 e. The van der Waals surface area contributed by atoms with Crippen LogP contribution in [0.2, 0.25) is 5.02 Å². The van der Waals surface area contributed by atoms with E-state index in [-0.39, 0.29) is 28.3 Å². The summed E-state index contributed by atoms with van der Waals surface area (Å²) in [5.41, 5.74) is 0.727. The molecule has 0 bridgehead atoms. The number of nitrogens with zero attached hydrogens (tertiary/aromatic N) is 1. The fraction of sp³-hybridized carbons (Fsp3) is 0.588. The zero-order chi connectivity index (χ0) is 15.9. The van der Waals surface area contributed by atoms with Gasteiger partial charge in [0.15, 0.2) is 0 Å². The number of carbonyl (C=O) groups excluding carboxylic acids is 1. The van der Waals surface area contributed by atoms with Crippen molar-refractivity contribution in [2.24, 2.45) is 5.41 Å². The summed E-state index contributed by atoms with van der Waals surface area (Å²) in [6.07, 6.45) is 4.29. The van der Waals surface area contributed by atoms with Crippen LogP contribution in [0.4, 0.5) is 10.1 Å². The van der Waals surface area contributed by atoms with Crippen LogP contribution in [0.3, 0.4) is 0 Å². The number of amides is 1. The highest BCUT2D eigenvalue weighted by Gasteiger charge is 2.46. The summed E-state index contributed by atoms with van der Waals surface area (Å²) in [5, 5.41) is 10.00. The van der Waals surface area contributed by atoms with E-state index in [1.165, 1.54) is 6.07 Å². The molecule has 1 heterocycles. The first-order chi connectivity index (χ1) is 10.4. The van der Waals surface area contributed by atoms with Crippen LogP contribution in [0, 0.1) is 18.2 Å². The van der Waals surface area contributed by atoms with Gasteiger partial charge in [-0.2, -0.15) is 0 Å². The molecule has 3 nitrogen and oxygen atoms in total. The molecular weight excluding hydrogens is 305 g/mol. The average molecular weight is 326 g/mol. The maximum absolute atomic E-state index is 13.6. The van der Waals surface area contributed by atoms with Crippen LogP contribution in [-0.2, 0) is 4.79 Å². The maximum atomic E-state index is 13.6. The molecule has 1 aliphatic heterocycles. The lowest BCUT2D eigenvalue weighted by atomic mass is 9.68. The minimum atomic E-state index is -0.372. The molecule has 5 heteroatoms. The van der Waals surface area contributed by atoms with E-state index in [0.29, 0.717) is 30.6 Å². The van der Waals surface area contributed by atoms with Gasteiger partial charge in [0.05, 0.1) is 22.2 Å². The Kier molecular flexibility index (Phi) is 4.17. The van der Waals surface area contributed by atoms with E-state index in [9.17, 15) is 14.3 Å². The Bertz CT molecular complexity index is 597. The van der Waals surface area contributed by atoms with Crippen molar-refractivity contribution in [3.63, 3.8) is 0 Å². The van der Waals surface area contributed by atoms with E-state index in [1.54, 1.807) is 17.9 Å². The van der Waals surface area contributed by atoms with Crippen LogP contribution in [0.25, 0.3) is 0 Å². The van der Waals surface area contributed by atoms with E-state index >= 15 is 0 Å². The number of anilines is 1. The first kappa shape index (κ1) is 15.8. The fourth-order valence-electron chi connectivity index (χ4n) is 3.77. The second-order valence-corrected chi connectivity index (χ2v) is 7.03. The topological polar surface area (TPSA) is 40.5 Å². The number of rotatable bonds is 1. The molecule has 1 saturated heterocycles. The largest absolute Gasteiger partial charge is 0.393 e. The van der Waals surface area contributed by atoms with E-state index < -0.39 is 0 Å². The number of halogens is 2. The van der Waals surface area contributed by atoms with Crippen LogP contribution in [0.1, 0.15) is 44.1 Å². The van der Waals surface area contributed by atoms with Gasteiger partial charge in [0, 0.05) is 6.54 Å². The number of hydrogen-bond donors (Lipinski definition) is 1. The molecule has 0 atom stereocenters. The lowest BCUT2D eigenvalue weighted by molar-refractivity contribution is -0.133. The number of aliphatic hydroxyl groups excluding tert-OH is 1. The lowest BCUT2D eigenvalue weighted by Crippen LogP contribution is -2.51. The zero-order valence-corrected chi connectivity index (χ0v) is 13.5. The summed E-state index contributed by atoms with van der Waals surface area (Å²) < 4.78 is 13.6. The molecule has 22 heavy (non-hydrogen) atoms. The van der Waals surface area contributed by atoms with Crippen LogP contribution >= 0.6 is 11.6 Å². The third-order valence-electron chi connectivity index (χ3n) is 5.17.